The number of rotatable bonds is 4. The maximum atomic E-state index is 12.7. The second-order valence-corrected chi connectivity index (χ2v) is 8.42. The molecule has 2 aliphatic rings. The Kier molecular flexibility index (Phi) is 4.58. The van der Waals surface area contributed by atoms with Gasteiger partial charge in [0, 0.05) is 43.9 Å². The van der Waals surface area contributed by atoms with Crippen LogP contribution in [0, 0.1) is 26.2 Å². The molecule has 7 heteroatoms. The fourth-order valence-corrected chi connectivity index (χ4v) is 4.61. The van der Waals surface area contributed by atoms with Crippen LogP contribution in [0.4, 0.5) is 0 Å². The first-order valence-corrected chi connectivity index (χ1v) is 9.76. The van der Waals surface area contributed by atoms with Crippen LogP contribution in [-0.4, -0.2) is 50.3 Å². The fourth-order valence-electron chi connectivity index (χ4n) is 4.61. The zero-order chi connectivity index (χ0) is 19.2. The van der Waals surface area contributed by atoms with Crippen molar-refractivity contribution in [3.63, 3.8) is 0 Å². The highest BCUT2D eigenvalue weighted by Gasteiger charge is 2.45. The van der Waals surface area contributed by atoms with Crippen LogP contribution >= 0.6 is 0 Å². The predicted octanol–water partition coefficient (Wildman–Crippen LogP) is 2.35. The van der Waals surface area contributed by atoms with Gasteiger partial charge in [-0.05, 0) is 52.1 Å². The van der Waals surface area contributed by atoms with Gasteiger partial charge in [-0.2, -0.15) is 5.10 Å². The van der Waals surface area contributed by atoms with E-state index in [-0.39, 0.29) is 11.3 Å². The molecule has 0 radical (unpaired) electrons. The molecule has 4 heterocycles. The summed E-state index contributed by atoms with van der Waals surface area (Å²) in [7, 11) is 1.97. The van der Waals surface area contributed by atoms with Crippen molar-refractivity contribution in [3.05, 3.63) is 34.5 Å². The summed E-state index contributed by atoms with van der Waals surface area (Å²) in [5.74, 6) is 1.09. The zero-order valence-corrected chi connectivity index (χ0v) is 16.8. The van der Waals surface area contributed by atoms with Gasteiger partial charge in [-0.3, -0.25) is 14.4 Å². The minimum Gasteiger partial charge on any atom is -0.361 e. The number of nitrogens with zero attached hydrogens (tertiary/aromatic N) is 5. The second kappa shape index (κ2) is 6.78. The molecule has 146 valence electrons. The van der Waals surface area contributed by atoms with E-state index < -0.39 is 0 Å². The largest absolute Gasteiger partial charge is 0.361 e. The molecular formula is C20H29N5O2. The number of aromatic nitrogens is 3. The Morgan fingerprint density at radius 2 is 1.89 bits per heavy atom. The van der Waals surface area contributed by atoms with Gasteiger partial charge in [-0.15, -0.1) is 0 Å². The third-order valence-corrected chi connectivity index (χ3v) is 6.36. The average Bonchev–Trinajstić information content (AvgIpc) is 3.22. The van der Waals surface area contributed by atoms with Crippen molar-refractivity contribution in [1.82, 2.24) is 24.7 Å². The van der Waals surface area contributed by atoms with Gasteiger partial charge in [0.05, 0.1) is 17.9 Å². The molecule has 2 aromatic heterocycles. The van der Waals surface area contributed by atoms with E-state index >= 15 is 0 Å². The van der Waals surface area contributed by atoms with E-state index in [1.807, 2.05) is 30.5 Å². The Morgan fingerprint density at radius 3 is 2.48 bits per heavy atom. The Bertz CT molecular complexity index is 825. The quantitative estimate of drug-likeness (QED) is 0.825. The summed E-state index contributed by atoms with van der Waals surface area (Å²) in [6, 6.07) is 0. The lowest BCUT2D eigenvalue weighted by Crippen LogP contribution is -2.41. The van der Waals surface area contributed by atoms with Crippen molar-refractivity contribution in [2.45, 2.75) is 53.1 Å². The second-order valence-electron chi connectivity index (χ2n) is 8.42. The molecule has 27 heavy (non-hydrogen) atoms. The van der Waals surface area contributed by atoms with Crippen LogP contribution in [0.15, 0.2) is 10.7 Å². The predicted molar refractivity (Wildman–Crippen MR) is 101 cm³/mol. The lowest BCUT2D eigenvalue weighted by atomic mass is 9.77. The van der Waals surface area contributed by atoms with E-state index in [1.165, 1.54) is 5.56 Å². The molecule has 0 atom stereocenters. The number of hydrogen-bond donors (Lipinski definition) is 0. The Morgan fingerprint density at radius 1 is 1.15 bits per heavy atom. The molecule has 0 saturated carbocycles. The van der Waals surface area contributed by atoms with Crippen LogP contribution in [0.5, 0.6) is 0 Å². The first kappa shape index (κ1) is 18.2. The van der Waals surface area contributed by atoms with Crippen LogP contribution in [0.25, 0.3) is 0 Å². The first-order valence-electron chi connectivity index (χ1n) is 9.76. The lowest BCUT2D eigenvalue weighted by Gasteiger charge is -2.38. The minimum absolute atomic E-state index is 0.135. The standard InChI is InChI=1S/C20H29N5O2/c1-14-17(10-23(4)21-14)11-24-7-5-20(6-8-24)9-19(26)25(13-20)12-18-15(2)22-27-16(18)3/h10H,5-9,11-13H2,1-4H3. The Balaban J connectivity index is 1.37. The number of piperidine rings is 1. The van der Waals surface area contributed by atoms with E-state index in [0.717, 1.165) is 61.7 Å². The molecule has 2 aromatic rings. The summed E-state index contributed by atoms with van der Waals surface area (Å²) in [6.45, 7) is 10.5. The highest BCUT2D eigenvalue weighted by Crippen LogP contribution is 2.42. The van der Waals surface area contributed by atoms with Gasteiger partial charge in [0.1, 0.15) is 5.76 Å². The van der Waals surface area contributed by atoms with Crippen molar-refractivity contribution in [3.8, 4) is 0 Å². The number of amides is 1. The van der Waals surface area contributed by atoms with Gasteiger partial charge in [0.15, 0.2) is 0 Å². The summed E-state index contributed by atoms with van der Waals surface area (Å²) < 4.78 is 7.15. The molecule has 0 unspecified atom stereocenters. The SMILES string of the molecule is Cc1nn(C)cc1CN1CCC2(CC1)CC(=O)N(Cc1c(C)noc1C)C2. The first-order chi connectivity index (χ1) is 12.8. The van der Waals surface area contributed by atoms with Gasteiger partial charge >= 0.3 is 0 Å². The molecule has 0 bridgehead atoms. The summed E-state index contributed by atoms with van der Waals surface area (Å²) in [4.78, 5) is 17.2. The molecule has 7 nitrogen and oxygen atoms in total. The fraction of sp³-hybridized carbons (Fsp3) is 0.650. The van der Waals surface area contributed by atoms with E-state index in [1.54, 1.807) is 0 Å². The summed E-state index contributed by atoms with van der Waals surface area (Å²) in [5, 5.41) is 8.46. The summed E-state index contributed by atoms with van der Waals surface area (Å²) in [5.41, 5.74) is 4.50. The van der Waals surface area contributed by atoms with Crippen molar-refractivity contribution < 1.29 is 9.32 Å². The number of hydrogen-bond acceptors (Lipinski definition) is 5. The maximum absolute atomic E-state index is 12.7. The summed E-state index contributed by atoms with van der Waals surface area (Å²) in [6.07, 6.45) is 4.95. The smallest absolute Gasteiger partial charge is 0.223 e. The van der Waals surface area contributed by atoms with Crippen LogP contribution in [0.1, 0.15) is 47.5 Å². The van der Waals surface area contributed by atoms with Crippen LogP contribution in [-0.2, 0) is 24.9 Å². The van der Waals surface area contributed by atoms with Crippen LogP contribution < -0.4 is 0 Å². The molecule has 0 aromatic carbocycles. The molecule has 2 saturated heterocycles. The Labute approximate surface area is 160 Å². The average molecular weight is 371 g/mol. The molecule has 0 N–H and O–H groups in total. The highest BCUT2D eigenvalue weighted by molar-refractivity contribution is 5.79. The van der Waals surface area contributed by atoms with Crippen molar-refractivity contribution in [2.75, 3.05) is 19.6 Å². The number of carbonyl (C=O) groups excluding carboxylic acids is 1. The molecule has 0 aliphatic carbocycles. The van der Waals surface area contributed by atoms with Gasteiger partial charge in [0.2, 0.25) is 5.91 Å². The van der Waals surface area contributed by atoms with E-state index in [0.29, 0.717) is 13.0 Å². The zero-order valence-electron chi connectivity index (χ0n) is 16.8. The lowest BCUT2D eigenvalue weighted by molar-refractivity contribution is -0.128. The monoisotopic (exact) mass is 371 g/mol. The molecule has 4 rings (SSSR count). The number of likely N-dealkylation sites (tertiary alicyclic amines) is 2. The molecular weight excluding hydrogens is 342 g/mol. The van der Waals surface area contributed by atoms with Gasteiger partial charge < -0.3 is 9.42 Å². The van der Waals surface area contributed by atoms with Crippen molar-refractivity contribution in [1.29, 1.82) is 0 Å². The van der Waals surface area contributed by atoms with E-state index in [9.17, 15) is 4.79 Å². The number of carbonyl (C=O) groups is 1. The normalized spacial score (nSPS) is 20.1. The molecule has 2 fully saturated rings. The Hall–Kier alpha value is -2.15. The van der Waals surface area contributed by atoms with Gasteiger partial charge in [-0.25, -0.2) is 0 Å². The van der Waals surface area contributed by atoms with E-state index in [4.69, 9.17) is 4.52 Å². The van der Waals surface area contributed by atoms with Gasteiger partial charge in [-0.1, -0.05) is 5.16 Å². The van der Waals surface area contributed by atoms with Crippen molar-refractivity contribution >= 4 is 5.91 Å². The molecule has 1 amide bonds. The van der Waals surface area contributed by atoms with E-state index in [2.05, 4.69) is 28.3 Å². The maximum Gasteiger partial charge on any atom is 0.223 e. The molecule has 2 aliphatic heterocycles. The number of aryl methyl sites for hydroxylation is 4. The minimum atomic E-state index is 0.135. The third-order valence-electron chi connectivity index (χ3n) is 6.36. The topological polar surface area (TPSA) is 67.4 Å². The van der Waals surface area contributed by atoms with Crippen LogP contribution in [0.2, 0.25) is 0 Å². The molecule has 1 spiro atoms. The highest BCUT2D eigenvalue weighted by atomic mass is 16.5. The van der Waals surface area contributed by atoms with Crippen LogP contribution in [0.3, 0.4) is 0 Å². The van der Waals surface area contributed by atoms with Gasteiger partial charge in [0.25, 0.3) is 0 Å². The third kappa shape index (κ3) is 3.52. The van der Waals surface area contributed by atoms with Crippen molar-refractivity contribution in [2.24, 2.45) is 12.5 Å². The summed E-state index contributed by atoms with van der Waals surface area (Å²) >= 11 is 0.